The molecular weight excluding hydrogens is 178 g/mol. The fraction of sp³-hybridized carbons (Fsp3) is 0.909. The van der Waals surface area contributed by atoms with Crippen molar-refractivity contribution in [1.29, 1.82) is 0 Å². The summed E-state index contributed by atoms with van der Waals surface area (Å²) >= 11 is 0. The number of hydrogen-bond acceptors (Lipinski definition) is 3. The predicted molar refractivity (Wildman–Crippen MR) is 53.5 cm³/mol. The Bertz CT molecular complexity index is 221. The number of carbonyl (C=O) groups is 1. The molecule has 0 aliphatic heterocycles. The standard InChI is InChI=1S/C11H19NO2/c1-14-11(13)10-8-4-2-7(3-5-8)9(10)6-12/h7-10H,2-6,12H2,1H3. The van der Waals surface area contributed by atoms with Gasteiger partial charge in [-0.15, -0.1) is 0 Å². The third-order valence-electron chi connectivity index (χ3n) is 4.14. The molecule has 0 radical (unpaired) electrons. The lowest BCUT2D eigenvalue weighted by Gasteiger charge is -2.46. The number of rotatable bonds is 2. The Balaban J connectivity index is 2.16. The van der Waals surface area contributed by atoms with Crippen molar-refractivity contribution in [3.8, 4) is 0 Å². The van der Waals surface area contributed by atoms with Crippen molar-refractivity contribution in [3.05, 3.63) is 0 Å². The number of nitrogens with two attached hydrogens (primary N) is 1. The average molecular weight is 197 g/mol. The van der Waals surface area contributed by atoms with Crippen LogP contribution < -0.4 is 5.73 Å². The molecule has 2 unspecified atom stereocenters. The third-order valence-corrected chi connectivity index (χ3v) is 4.14. The maximum absolute atomic E-state index is 11.6. The second kappa shape index (κ2) is 3.89. The summed E-state index contributed by atoms with van der Waals surface area (Å²) in [6, 6.07) is 0. The summed E-state index contributed by atoms with van der Waals surface area (Å²) in [5, 5.41) is 0. The molecule has 2 bridgehead atoms. The number of esters is 1. The minimum Gasteiger partial charge on any atom is -0.469 e. The first kappa shape index (κ1) is 9.97. The minimum atomic E-state index is -0.0325. The monoisotopic (exact) mass is 197 g/mol. The first-order chi connectivity index (χ1) is 6.77. The van der Waals surface area contributed by atoms with Crippen molar-refractivity contribution in [1.82, 2.24) is 0 Å². The van der Waals surface area contributed by atoms with Crippen molar-refractivity contribution < 1.29 is 9.53 Å². The Labute approximate surface area is 85.0 Å². The molecule has 2 N–H and O–H groups in total. The summed E-state index contributed by atoms with van der Waals surface area (Å²) in [5.41, 5.74) is 5.76. The van der Waals surface area contributed by atoms with Crippen LogP contribution in [0.1, 0.15) is 25.7 Å². The van der Waals surface area contributed by atoms with Gasteiger partial charge in [-0.25, -0.2) is 0 Å². The van der Waals surface area contributed by atoms with Gasteiger partial charge in [-0.1, -0.05) is 0 Å². The van der Waals surface area contributed by atoms with E-state index in [9.17, 15) is 4.79 Å². The number of hydrogen-bond donors (Lipinski definition) is 1. The van der Waals surface area contributed by atoms with Gasteiger partial charge in [0.15, 0.2) is 0 Å². The van der Waals surface area contributed by atoms with E-state index in [0.717, 1.165) is 0 Å². The van der Waals surface area contributed by atoms with Crippen molar-refractivity contribution >= 4 is 5.97 Å². The van der Waals surface area contributed by atoms with Gasteiger partial charge in [0.05, 0.1) is 13.0 Å². The molecule has 3 fully saturated rings. The number of ether oxygens (including phenoxy) is 1. The summed E-state index contributed by atoms with van der Waals surface area (Å²) < 4.78 is 4.88. The maximum atomic E-state index is 11.6. The second-order valence-electron chi connectivity index (χ2n) is 4.62. The Hall–Kier alpha value is -0.570. The van der Waals surface area contributed by atoms with Crippen LogP contribution in [0, 0.1) is 23.7 Å². The van der Waals surface area contributed by atoms with E-state index < -0.39 is 0 Å². The minimum absolute atomic E-state index is 0.0325. The lowest BCUT2D eigenvalue weighted by atomic mass is 9.58. The SMILES string of the molecule is COC(=O)C1C2CCC(CC2)C1CN. The van der Waals surface area contributed by atoms with E-state index >= 15 is 0 Å². The van der Waals surface area contributed by atoms with Gasteiger partial charge in [0.2, 0.25) is 0 Å². The zero-order valence-electron chi connectivity index (χ0n) is 8.74. The molecule has 0 aromatic heterocycles. The van der Waals surface area contributed by atoms with Gasteiger partial charge >= 0.3 is 5.97 Å². The summed E-state index contributed by atoms with van der Waals surface area (Å²) in [6.45, 7) is 0.640. The molecular formula is C11H19NO2. The van der Waals surface area contributed by atoms with Crippen LogP contribution in [-0.4, -0.2) is 19.6 Å². The van der Waals surface area contributed by atoms with Crippen LogP contribution in [0.3, 0.4) is 0 Å². The largest absolute Gasteiger partial charge is 0.469 e. The van der Waals surface area contributed by atoms with E-state index in [4.69, 9.17) is 10.5 Å². The summed E-state index contributed by atoms with van der Waals surface area (Å²) in [6.07, 6.45) is 4.92. The first-order valence-corrected chi connectivity index (χ1v) is 5.55. The summed E-state index contributed by atoms with van der Waals surface area (Å²) in [4.78, 5) is 11.6. The average Bonchev–Trinajstić information content (AvgIpc) is 2.28. The van der Waals surface area contributed by atoms with E-state index in [2.05, 4.69) is 0 Å². The highest BCUT2D eigenvalue weighted by Crippen LogP contribution is 2.48. The van der Waals surface area contributed by atoms with Crippen molar-refractivity contribution in [3.63, 3.8) is 0 Å². The Morgan fingerprint density at radius 1 is 1.29 bits per heavy atom. The molecule has 0 spiro atoms. The zero-order valence-corrected chi connectivity index (χ0v) is 8.74. The molecule has 2 atom stereocenters. The molecule has 3 rings (SSSR count). The lowest BCUT2D eigenvalue weighted by molar-refractivity contribution is -0.155. The Morgan fingerprint density at radius 2 is 1.86 bits per heavy atom. The molecule has 14 heavy (non-hydrogen) atoms. The summed E-state index contributed by atoms with van der Waals surface area (Å²) in [7, 11) is 1.48. The smallest absolute Gasteiger partial charge is 0.309 e. The zero-order chi connectivity index (χ0) is 10.1. The van der Waals surface area contributed by atoms with Crippen molar-refractivity contribution in [2.45, 2.75) is 25.7 Å². The van der Waals surface area contributed by atoms with Crippen LogP contribution in [0.25, 0.3) is 0 Å². The molecule has 3 aliphatic rings. The molecule has 3 aliphatic carbocycles. The van der Waals surface area contributed by atoms with Gasteiger partial charge in [0.25, 0.3) is 0 Å². The highest BCUT2D eigenvalue weighted by atomic mass is 16.5. The van der Waals surface area contributed by atoms with Crippen LogP contribution in [0.5, 0.6) is 0 Å². The second-order valence-corrected chi connectivity index (χ2v) is 4.62. The number of methoxy groups -OCH3 is 1. The van der Waals surface area contributed by atoms with Gasteiger partial charge in [-0.2, -0.15) is 0 Å². The molecule has 0 aromatic rings. The molecule has 3 nitrogen and oxygen atoms in total. The highest BCUT2D eigenvalue weighted by Gasteiger charge is 2.46. The first-order valence-electron chi connectivity index (χ1n) is 5.55. The number of fused-ring (bicyclic) bond motifs is 3. The van der Waals surface area contributed by atoms with Crippen molar-refractivity contribution in [2.75, 3.05) is 13.7 Å². The van der Waals surface area contributed by atoms with Gasteiger partial charge < -0.3 is 10.5 Å². The topological polar surface area (TPSA) is 52.3 Å². The maximum Gasteiger partial charge on any atom is 0.309 e. The van der Waals surface area contributed by atoms with E-state index in [-0.39, 0.29) is 11.9 Å². The quantitative estimate of drug-likeness (QED) is 0.676. The Morgan fingerprint density at radius 3 is 2.36 bits per heavy atom. The van der Waals surface area contributed by atoms with Crippen LogP contribution in [-0.2, 0) is 9.53 Å². The van der Waals surface area contributed by atoms with E-state index in [0.29, 0.717) is 24.3 Å². The highest BCUT2D eigenvalue weighted by molar-refractivity contribution is 5.73. The summed E-state index contributed by atoms with van der Waals surface area (Å²) in [5.74, 6) is 1.66. The van der Waals surface area contributed by atoms with Gasteiger partial charge in [0.1, 0.15) is 0 Å². The van der Waals surface area contributed by atoms with Crippen LogP contribution in [0.15, 0.2) is 0 Å². The van der Waals surface area contributed by atoms with Crippen LogP contribution >= 0.6 is 0 Å². The van der Waals surface area contributed by atoms with E-state index in [1.54, 1.807) is 0 Å². The van der Waals surface area contributed by atoms with Gasteiger partial charge in [0, 0.05) is 0 Å². The fourth-order valence-corrected chi connectivity index (χ4v) is 3.42. The number of carbonyl (C=O) groups excluding carboxylic acids is 1. The third kappa shape index (κ3) is 1.44. The lowest BCUT2D eigenvalue weighted by Crippen LogP contribution is -2.47. The van der Waals surface area contributed by atoms with Gasteiger partial charge in [-0.3, -0.25) is 4.79 Å². The fourth-order valence-electron chi connectivity index (χ4n) is 3.42. The molecule has 3 saturated carbocycles. The van der Waals surface area contributed by atoms with Crippen LogP contribution in [0.2, 0.25) is 0 Å². The molecule has 0 heterocycles. The molecule has 80 valence electrons. The molecule has 0 saturated heterocycles. The van der Waals surface area contributed by atoms with E-state index in [1.165, 1.54) is 32.8 Å². The van der Waals surface area contributed by atoms with Gasteiger partial charge in [-0.05, 0) is 50.0 Å². The van der Waals surface area contributed by atoms with Crippen molar-refractivity contribution in [2.24, 2.45) is 29.4 Å². The molecule has 0 amide bonds. The predicted octanol–water partition coefficient (Wildman–Crippen LogP) is 1.17. The Kier molecular flexibility index (Phi) is 2.77. The normalized spacial score (nSPS) is 41.0. The molecule has 0 aromatic carbocycles. The van der Waals surface area contributed by atoms with Crippen LogP contribution in [0.4, 0.5) is 0 Å². The van der Waals surface area contributed by atoms with E-state index in [1.807, 2.05) is 0 Å². The molecule has 3 heteroatoms.